The van der Waals surface area contributed by atoms with Crippen LogP contribution in [0.2, 0.25) is 0 Å². The SMILES string of the molecule is O=c1[nH]ncc2cc(N3CCC(CCP(O)O)CC3)[nH]c(=O)c12. The molecule has 0 unspecified atom stereocenters. The van der Waals surface area contributed by atoms with Crippen LogP contribution >= 0.6 is 8.38 Å². The normalized spacial score (nSPS) is 16.4. The fourth-order valence-electron chi connectivity index (χ4n) is 3.05. The Labute approximate surface area is 133 Å². The number of piperidine rings is 1. The minimum atomic E-state index is -1.81. The molecule has 2 aromatic rings. The summed E-state index contributed by atoms with van der Waals surface area (Å²) in [6, 6.07) is 1.78. The molecule has 1 aliphatic rings. The number of pyridine rings is 1. The Bertz CT molecular complexity index is 795. The van der Waals surface area contributed by atoms with Crippen molar-refractivity contribution in [2.45, 2.75) is 19.3 Å². The lowest BCUT2D eigenvalue weighted by Crippen LogP contribution is -2.35. The minimum absolute atomic E-state index is 0.0953. The monoisotopic (exact) mass is 338 g/mol. The first-order valence-corrected chi connectivity index (χ1v) is 8.99. The molecule has 3 rings (SSSR count). The van der Waals surface area contributed by atoms with Crippen LogP contribution in [-0.2, 0) is 0 Å². The predicted octanol–water partition coefficient (Wildman–Crippen LogP) is 0.514. The summed E-state index contributed by atoms with van der Waals surface area (Å²) in [5.74, 6) is 1.17. The van der Waals surface area contributed by atoms with Gasteiger partial charge in [-0.25, -0.2) is 5.10 Å². The van der Waals surface area contributed by atoms with E-state index in [-0.39, 0.29) is 5.39 Å². The second kappa shape index (κ2) is 6.78. The zero-order valence-electron chi connectivity index (χ0n) is 12.5. The fraction of sp³-hybridized carbons (Fsp3) is 0.500. The van der Waals surface area contributed by atoms with Gasteiger partial charge in [0, 0.05) is 24.6 Å². The summed E-state index contributed by atoms with van der Waals surface area (Å²) >= 11 is 0. The minimum Gasteiger partial charge on any atom is -0.358 e. The van der Waals surface area contributed by atoms with Crippen molar-refractivity contribution in [1.82, 2.24) is 15.2 Å². The lowest BCUT2D eigenvalue weighted by Gasteiger charge is -2.33. The molecule has 0 atom stereocenters. The molecule has 1 aliphatic heterocycles. The van der Waals surface area contributed by atoms with Crippen LogP contribution in [0.5, 0.6) is 0 Å². The van der Waals surface area contributed by atoms with Crippen molar-refractivity contribution in [3.63, 3.8) is 0 Å². The maximum Gasteiger partial charge on any atom is 0.277 e. The second-order valence-corrected chi connectivity index (χ2v) is 7.02. The molecule has 0 saturated carbocycles. The van der Waals surface area contributed by atoms with E-state index in [0.29, 0.717) is 23.3 Å². The van der Waals surface area contributed by atoms with Crippen LogP contribution in [0, 0.1) is 5.92 Å². The summed E-state index contributed by atoms with van der Waals surface area (Å²) in [7, 11) is -1.81. The van der Waals surface area contributed by atoms with Crippen molar-refractivity contribution in [2.24, 2.45) is 5.92 Å². The van der Waals surface area contributed by atoms with E-state index in [1.165, 1.54) is 6.20 Å². The highest BCUT2D eigenvalue weighted by molar-refractivity contribution is 7.45. The lowest BCUT2D eigenvalue weighted by atomic mass is 9.94. The van der Waals surface area contributed by atoms with E-state index in [2.05, 4.69) is 20.1 Å². The van der Waals surface area contributed by atoms with Gasteiger partial charge in [-0.15, -0.1) is 0 Å². The molecule has 23 heavy (non-hydrogen) atoms. The van der Waals surface area contributed by atoms with Gasteiger partial charge in [0.05, 0.1) is 6.20 Å². The number of rotatable bonds is 4. The van der Waals surface area contributed by atoms with Gasteiger partial charge in [-0.1, -0.05) is 0 Å². The molecule has 0 amide bonds. The van der Waals surface area contributed by atoms with Crippen molar-refractivity contribution in [2.75, 3.05) is 24.2 Å². The van der Waals surface area contributed by atoms with Gasteiger partial charge in [0.15, 0.2) is 8.38 Å². The smallest absolute Gasteiger partial charge is 0.277 e. The summed E-state index contributed by atoms with van der Waals surface area (Å²) < 4.78 is 0. The quantitative estimate of drug-likeness (QED) is 0.603. The second-order valence-electron chi connectivity index (χ2n) is 5.83. The largest absolute Gasteiger partial charge is 0.358 e. The van der Waals surface area contributed by atoms with Crippen LogP contribution in [0.3, 0.4) is 0 Å². The standard InChI is InChI=1S/C14H19N4O4P/c19-13-12-10(8-15-17-14(12)20)7-11(16-13)18-4-1-9(2-5-18)3-6-23(21)22/h7-9,21-22H,1-6H2,(H,16,19)(H,17,20). The van der Waals surface area contributed by atoms with E-state index in [4.69, 9.17) is 9.79 Å². The molecule has 9 heteroatoms. The zero-order valence-corrected chi connectivity index (χ0v) is 13.4. The van der Waals surface area contributed by atoms with Gasteiger partial charge in [-0.2, -0.15) is 5.10 Å². The molecule has 2 aromatic heterocycles. The third-order valence-electron chi connectivity index (χ3n) is 4.34. The third kappa shape index (κ3) is 3.60. The highest BCUT2D eigenvalue weighted by Crippen LogP contribution is 2.30. The average Bonchev–Trinajstić information content (AvgIpc) is 2.53. The molecule has 1 fully saturated rings. The average molecular weight is 338 g/mol. The Morgan fingerprint density at radius 3 is 2.70 bits per heavy atom. The first-order chi connectivity index (χ1) is 11.0. The van der Waals surface area contributed by atoms with Gasteiger partial charge in [0.2, 0.25) is 0 Å². The van der Waals surface area contributed by atoms with Crippen molar-refractivity contribution < 1.29 is 9.79 Å². The van der Waals surface area contributed by atoms with E-state index >= 15 is 0 Å². The molecule has 3 heterocycles. The van der Waals surface area contributed by atoms with Crippen LogP contribution in [0.1, 0.15) is 19.3 Å². The highest BCUT2D eigenvalue weighted by Gasteiger charge is 2.21. The van der Waals surface area contributed by atoms with E-state index in [9.17, 15) is 9.59 Å². The summed E-state index contributed by atoms with van der Waals surface area (Å²) in [6.45, 7) is 1.58. The van der Waals surface area contributed by atoms with Crippen LogP contribution in [-0.4, -0.2) is 44.2 Å². The van der Waals surface area contributed by atoms with Crippen molar-refractivity contribution in [1.29, 1.82) is 0 Å². The summed E-state index contributed by atoms with van der Waals surface area (Å²) in [6.07, 6.45) is 4.64. The number of hydrogen-bond acceptors (Lipinski definition) is 6. The Morgan fingerprint density at radius 1 is 1.26 bits per heavy atom. The maximum absolute atomic E-state index is 12.1. The first kappa shape index (κ1) is 16.1. The number of anilines is 1. The Morgan fingerprint density at radius 2 is 2.00 bits per heavy atom. The van der Waals surface area contributed by atoms with Gasteiger partial charge in [-0.3, -0.25) is 9.59 Å². The Balaban J connectivity index is 1.75. The molecule has 0 aliphatic carbocycles. The zero-order chi connectivity index (χ0) is 16.4. The van der Waals surface area contributed by atoms with Gasteiger partial charge in [0.25, 0.3) is 11.1 Å². The number of H-pyrrole nitrogens is 2. The molecule has 8 nitrogen and oxygen atoms in total. The molecular formula is C14H19N4O4P. The van der Waals surface area contributed by atoms with Gasteiger partial charge < -0.3 is 19.7 Å². The van der Waals surface area contributed by atoms with Gasteiger partial charge >= 0.3 is 0 Å². The van der Waals surface area contributed by atoms with Crippen LogP contribution < -0.4 is 16.0 Å². The van der Waals surface area contributed by atoms with E-state index in [1.54, 1.807) is 6.07 Å². The maximum atomic E-state index is 12.1. The molecule has 124 valence electrons. The van der Waals surface area contributed by atoms with E-state index in [0.717, 1.165) is 32.4 Å². The number of fused-ring (bicyclic) bond motifs is 1. The lowest BCUT2D eigenvalue weighted by molar-refractivity contribution is 0.386. The molecule has 4 N–H and O–H groups in total. The number of aromatic nitrogens is 3. The Hall–Kier alpha value is -1.76. The van der Waals surface area contributed by atoms with Crippen LogP contribution in [0.25, 0.3) is 10.8 Å². The fourth-order valence-corrected chi connectivity index (χ4v) is 3.64. The number of hydrogen-bond donors (Lipinski definition) is 4. The van der Waals surface area contributed by atoms with Crippen molar-refractivity contribution in [3.8, 4) is 0 Å². The van der Waals surface area contributed by atoms with Crippen LogP contribution in [0.15, 0.2) is 21.9 Å². The van der Waals surface area contributed by atoms with Gasteiger partial charge in [-0.05, 0) is 31.2 Å². The highest BCUT2D eigenvalue weighted by atomic mass is 31.2. The number of aromatic amines is 2. The topological polar surface area (TPSA) is 122 Å². The first-order valence-electron chi connectivity index (χ1n) is 7.55. The predicted molar refractivity (Wildman–Crippen MR) is 88.8 cm³/mol. The molecular weight excluding hydrogens is 319 g/mol. The molecule has 1 saturated heterocycles. The molecule has 0 bridgehead atoms. The van der Waals surface area contributed by atoms with Crippen molar-refractivity contribution in [3.05, 3.63) is 33.0 Å². The number of nitrogens with zero attached hydrogens (tertiary/aromatic N) is 2. The molecule has 0 spiro atoms. The van der Waals surface area contributed by atoms with Crippen LogP contribution in [0.4, 0.5) is 5.82 Å². The van der Waals surface area contributed by atoms with E-state index in [1.807, 2.05) is 0 Å². The number of nitrogens with one attached hydrogen (secondary N) is 2. The molecule has 0 radical (unpaired) electrons. The van der Waals surface area contributed by atoms with Crippen molar-refractivity contribution >= 4 is 25.0 Å². The Kier molecular flexibility index (Phi) is 4.75. The summed E-state index contributed by atoms with van der Waals surface area (Å²) in [5.41, 5.74) is -0.895. The van der Waals surface area contributed by atoms with Gasteiger partial charge in [0.1, 0.15) is 11.2 Å². The molecule has 0 aromatic carbocycles. The van der Waals surface area contributed by atoms with E-state index < -0.39 is 19.5 Å². The third-order valence-corrected chi connectivity index (χ3v) is 5.00. The summed E-state index contributed by atoms with van der Waals surface area (Å²) in [5, 5.41) is 6.63. The summed E-state index contributed by atoms with van der Waals surface area (Å²) in [4.78, 5) is 46.6.